The van der Waals surface area contributed by atoms with Crippen molar-refractivity contribution in [3.63, 3.8) is 0 Å². The molecule has 0 saturated carbocycles. The average Bonchev–Trinajstić information content (AvgIpc) is 2.15. The van der Waals surface area contributed by atoms with Crippen LogP contribution in [0.15, 0.2) is 24.3 Å². The van der Waals surface area contributed by atoms with Crippen LogP contribution in [0.2, 0.25) is 0 Å². The van der Waals surface area contributed by atoms with E-state index >= 15 is 0 Å². The fourth-order valence-corrected chi connectivity index (χ4v) is 1.99. The predicted octanol–water partition coefficient (Wildman–Crippen LogP) is 3.37. The van der Waals surface area contributed by atoms with Crippen LogP contribution in [0.4, 0.5) is 0 Å². The zero-order valence-corrected chi connectivity index (χ0v) is 11.7. The molecule has 0 bridgehead atoms. The van der Waals surface area contributed by atoms with Crippen molar-refractivity contribution >= 4 is 13.2 Å². The maximum Gasteiger partial charge on any atom is 0.242 e. The van der Waals surface area contributed by atoms with Crippen LogP contribution in [0.3, 0.4) is 0 Å². The fourth-order valence-electron chi connectivity index (χ4n) is 1.37. The lowest BCUT2D eigenvalue weighted by Gasteiger charge is -2.11. The van der Waals surface area contributed by atoms with Crippen LogP contribution in [0.25, 0.3) is 0 Å². The molecule has 1 aromatic carbocycles. The van der Waals surface area contributed by atoms with Gasteiger partial charge in [-0.3, -0.25) is 9.36 Å². The minimum Gasteiger partial charge on any atom is -0.443 e. The van der Waals surface area contributed by atoms with Gasteiger partial charge in [0.2, 0.25) is 7.37 Å². The van der Waals surface area contributed by atoms with E-state index in [1.165, 1.54) is 0 Å². The van der Waals surface area contributed by atoms with Gasteiger partial charge in [-0.2, -0.15) is 0 Å². The zero-order chi connectivity index (χ0) is 13.1. The Bertz CT molecular complexity index is 446. The van der Waals surface area contributed by atoms with Crippen LogP contribution >= 0.6 is 7.37 Å². The Labute approximate surface area is 103 Å². The quantitative estimate of drug-likeness (QED) is 0.756. The molecule has 0 amide bonds. The minimum absolute atomic E-state index is 0.0306. The number of hydrogen-bond acceptors (Lipinski definition) is 3. The van der Waals surface area contributed by atoms with E-state index in [2.05, 4.69) is 0 Å². The van der Waals surface area contributed by atoms with Crippen molar-refractivity contribution < 1.29 is 13.9 Å². The van der Waals surface area contributed by atoms with Gasteiger partial charge < -0.3 is 4.52 Å². The summed E-state index contributed by atoms with van der Waals surface area (Å²) >= 11 is 0. The summed E-state index contributed by atoms with van der Waals surface area (Å²) in [6.07, 6.45) is 0.395. The third-order valence-corrected chi connectivity index (χ3v) is 2.90. The number of ketones is 1. The van der Waals surface area contributed by atoms with Gasteiger partial charge in [0.25, 0.3) is 0 Å². The molecule has 0 atom stereocenters. The molecule has 0 aromatic heterocycles. The Morgan fingerprint density at radius 3 is 2.53 bits per heavy atom. The first-order valence-electron chi connectivity index (χ1n) is 5.64. The Kier molecular flexibility index (Phi) is 4.53. The first-order valence-corrected chi connectivity index (χ1v) is 8.16. The van der Waals surface area contributed by atoms with Gasteiger partial charge in [0.15, 0.2) is 0 Å². The maximum absolute atomic E-state index is 11.6. The number of carbonyl (C=O) groups is 1. The van der Waals surface area contributed by atoms with E-state index in [1.807, 2.05) is 26.0 Å². The molecule has 0 radical (unpaired) electrons. The van der Waals surface area contributed by atoms with E-state index in [1.54, 1.807) is 25.5 Å². The summed E-state index contributed by atoms with van der Waals surface area (Å²) in [5.74, 6) is 0.786. The largest absolute Gasteiger partial charge is 0.443 e. The van der Waals surface area contributed by atoms with E-state index in [-0.39, 0.29) is 11.7 Å². The molecule has 0 unspecified atom stereocenters. The second kappa shape index (κ2) is 5.50. The van der Waals surface area contributed by atoms with Crippen LogP contribution in [0.1, 0.15) is 19.4 Å². The lowest BCUT2D eigenvalue weighted by atomic mass is 10.0. The molecule has 3 nitrogen and oxygen atoms in total. The fraction of sp³-hybridized carbons (Fsp3) is 0.462. The summed E-state index contributed by atoms with van der Waals surface area (Å²) in [7, 11) is -2.55. The summed E-state index contributed by atoms with van der Waals surface area (Å²) in [6, 6.07) is 7.22. The SMILES string of the molecule is CC(C)C(=O)Cc1cccc(OP(C)(C)=O)c1. The highest BCUT2D eigenvalue weighted by atomic mass is 31.2. The topological polar surface area (TPSA) is 43.4 Å². The van der Waals surface area contributed by atoms with Crippen LogP contribution in [-0.4, -0.2) is 19.1 Å². The van der Waals surface area contributed by atoms with Crippen LogP contribution in [0, 0.1) is 5.92 Å². The normalized spacial score (nSPS) is 11.6. The van der Waals surface area contributed by atoms with E-state index in [0.717, 1.165) is 5.56 Å². The molecular formula is C13H19O3P. The van der Waals surface area contributed by atoms with E-state index in [4.69, 9.17) is 4.52 Å². The van der Waals surface area contributed by atoms with Gasteiger partial charge in [-0.05, 0) is 17.7 Å². The first kappa shape index (κ1) is 14.0. The van der Waals surface area contributed by atoms with Crippen LogP contribution in [0.5, 0.6) is 5.75 Å². The van der Waals surface area contributed by atoms with Gasteiger partial charge in [0.05, 0.1) is 0 Å². The first-order chi connectivity index (χ1) is 7.78. The monoisotopic (exact) mass is 254 g/mol. The van der Waals surface area contributed by atoms with Gasteiger partial charge in [0, 0.05) is 25.7 Å². The number of benzene rings is 1. The van der Waals surface area contributed by atoms with Crippen LogP contribution < -0.4 is 4.52 Å². The molecule has 0 heterocycles. The molecule has 0 N–H and O–H groups in total. The molecule has 94 valence electrons. The Hall–Kier alpha value is -1.08. The number of carbonyl (C=O) groups excluding carboxylic acids is 1. The molecule has 0 spiro atoms. The van der Waals surface area contributed by atoms with E-state index in [0.29, 0.717) is 12.2 Å². The highest BCUT2D eigenvalue weighted by Gasteiger charge is 2.11. The van der Waals surface area contributed by atoms with Crippen molar-refractivity contribution in [2.45, 2.75) is 20.3 Å². The third kappa shape index (κ3) is 5.18. The highest BCUT2D eigenvalue weighted by Crippen LogP contribution is 2.38. The smallest absolute Gasteiger partial charge is 0.242 e. The molecule has 0 saturated heterocycles. The molecule has 0 fully saturated rings. The van der Waals surface area contributed by atoms with Gasteiger partial charge in [-0.1, -0.05) is 26.0 Å². The van der Waals surface area contributed by atoms with Crippen molar-refractivity contribution in [2.75, 3.05) is 13.3 Å². The van der Waals surface area contributed by atoms with Crippen molar-refractivity contribution in [1.82, 2.24) is 0 Å². The molecule has 0 aliphatic carbocycles. The van der Waals surface area contributed by atoms with Crippen molar-refractivity contribution in [1.29, 1.82) is 0 Å². The Morgan fingerprint density at radius 2 is 2.00 bits per heavy atom. The molecule has 4 heteroatoms. The molecule has 1 aromatic rings. The highest BCUT2D eigenvalue weighted by molar-refractivity contribution is 7.57. The number of hydrogen-bond donors (Lipinski definition) is 0. The standard InChI is InChI=1S/C13H19O3P/c1-10(2)13(14)9-11-6-5-7-12(8-11)16-17(3,4)15/h5-8,10H,9H2,1-4H3. The lowest BCUT2D eigenvalue weighted by molar-refractivity contribution is -0.121. The summed E-state index contributed by atoms with van der Waals surface area (Å²) in [6.45, 7) is 6.90. The molecular weight excluding hydrogens is 235 g/mol. The van der Waals surface area contributed by atoms with E-state index < -0.39 is 7.37 Å². The molecule has 1 rings (SSSR count). The van der Waals surface area contributed by atoms with Gasteiger partial charge in [-0.25, -0.2) is 0 Å². The van der Waals surface area contributed by atoms with Gasteiger partial charge in [0.1, 0.15) is 11.5 Å². The minimum atomic E-state index is -2.55. The van der Waals surface area contributed by atoms with E-state index in [9.17, 15) is 9.36 Å². The number of Topliss-reactive ketones (excluding diaryl/α,β-unsaturated/α-hetero) is 1. The Balaban J connectivity index is 2.79. The van der Waals surface area contributed by atoms with Gasteiger partial charge in [-0.15, -0.1) is 0 Å². The second-order valence-electron chi connectivity index (χ2n) is 4.79. The average molecular weight is 254 g/mol. The molecule has 17 heavy (non-hydrogen) atoms. The molecule has 0 aliphatic heterocycles. The maximum atomic E-state index is 11.6. The van der Waals surface area contributed by atoms with Gasteiger partial charge >= 0.3 is 0 Å². The lowest BCUT2D eigenvalue weighted by Crippen LogP contribution is -2.10. The summed E-state index contributed by atoms with van der Waals surface area (Å²) < 4.78 is 16.9. The zero-order valence-electron chi connectivity index (χ0n) is 10.8. The summed E-state index contributed by atoms with van der Waals surface area (Å²) in [4.78, 5) is 11.6. The van der Waals surface area contributed by atoms with Crippen molar-refractivity contribution in [2.24, 2.45) is 5.92 Å². The number of rotatable bonds is 5. The third-order valence-electron chi connectivity index (χ3n) is 2.25. The van der Waals surface area contributed by atoms with Crippen molar-refractivity contribution in [3.05, 3.63) is 29.8 Å². The summed E-state index contributed by atoms with van der Waals surface area (Å²) in [5, 5.41) is 0. The molecule has 0 aliphatic rings. The summed E-state index contributed by atoms with van der Waals surface area (Å²) in [5.41, 5.74) is 0.898. The van der Waals surface area contributed by atoms with Crippen molar-refractivity contribution in [3.8, 4) is 5.75 Å². The van der Waals surface area contributed by atoms with Crippen LogP contribution in [-0.2, 0) is 15.8 Å². The second-order valence-corrected chi connectivity index (χ2v) is 7.48. The Morgan fingerprint density at radius 1 is 1.35 bits per heavy atom. The predicted molar refractivity (Wildman–Crippen MR) is 70.1 cm³/mol.